The number of carbonyl (C=O) groups excluding carboxylic acids is 1. The summed E-state index contributed by atoms with van der Waals surface area (Å²) in [6.07, 6.45) is 2.33. The predicted octanol–water partition coefficient (Wildman–Crippen LogP) is 5.08. The number of hydrogen-bond donors (Lipinski definition) is 1. The average Bonchev–Trinajstić information content (AvgIpc) is 2.97. The Bertz CT molecular complexity index is 1010. The number of nitrogens with zero attached hydrogens (tertiary/aromatic N) is 1. The fourth-order valence-electron chi connectivity index (χ4n) is 5.55. The van der Waals surface area contributed by atoms with E-state index in [0.29, 0.717) is 23.5 Å². The molecule has 0 saturated carbocycles. The molecule has 0 radical (unpaired) electrons. The van der Waals surface area contributed by atoms with Crippen LogP contribution in [0.15, 0.2) is 36.4 Å². The summed E-state index contributed by atoms with van der Waals surface area (Å²) in [6.45, 7) is 7.09. The van der Waals surface area contributed by atoms with Gasteiger partial charge in [0.1, 0.15) is 17.7 Å². The van der Waals surface area contributed by atoms with Crippen molar-refractivity contribution in [1.29, 1.82) is 0 Å². The lowest BCUT2D eigenvalue weighted by molar-refractivity contribution is -0.0349. The van der Waals surface area contributed by atoms with Crippen LogP contribution in [0, 0.1) is 23.0 Å². The number of ether oxygens (including phenoxy) is 1. The van der Waals surface area contributed by atoms with Crippen LogP contribution in [0.2, 0.25) is 0 Å². The van der Waals surface area contributed by atoms with Gasteiger partial charge in [-0.2, -0.15) is 0 Å². The van der Waals surface area contributed by atoms with E-state index in [9.17, 15) is 9.18 Å². The molecule has 4 nitrogen and oxygen atoms in total. The smallest absolute Gasteiger partial charge is 0.407 e. The number of nitrogens with one attached hydrogen (secondary N) is 1. The average molecular weight is 427 g/mol. The predicted molar refractivity (Wildman–Crippen MR) is 115 cm³/mol. The highest BCUT2D eigenvalue weighted by Gasteiger charge is 2.42. The summed E-state index contributed by atoms with van der Waals surface area (Å²) in [5.74, 6) is -0.377. The Balaban J connectivity index is 1.37. The van der Waals surface area contributed by atoms with Gasteiger partial charge in [0.05, 0.1) is 6.04 Å². The first-order chi connectivity index (χ1) is 14.8. The molecular formula is C25H28F2N2O2. The summed E-state index contributed by atoms with van der Waals surface area (Å²) < 4.78 is 34.5. The van der Waals surface area contributed by atoms with E-state index in [2.05, 4.69) is 24.1 Å². The molecule has 4 aliphatic rings. The molecule has 3 aliphatic heterocycles. The van der Waals surface area contributed by atoms with Crippen molar-refractivity contribution in [3.8, 4) is 11.1 Å². The van der Waals surface area contributed by atoms with Crippen LogP contribution in [0.3, 0.4) is 0 Å². The van der Waals surface area contributed by atoms with Gasteiger partial charge >= 0.3 is 6.09 Å². The molecule has 3 saturated heterocycles. The van der Waals surface area contributed by atoms with Crippen LogP contribution in [0.4, 0.5) is 13.6 Å². The zero-order chi connectivity index (χ0) is 21.8. The minimum atomic E-state index is -0.431. The molecule has 1 N–H and O–H groups in total. The maximum atomic E-state index is 15.0. The number of benzene rings is 2. The second kappa shape index (κ2) is 7.59. The van der Waals surface area contributed by atoms with Crippen molar-refractivity contribution >= 4 is 6.09 Å². The molecule has 2 aromatic carbocycles. The van der Waals surface area contributed by atoms with E-state index in [4.69, 9.17) is 4.74 Å². The SMILES string of the molecule is CC1(C)Cc2cc(-c3cccc(F)c3)c(F)cc2C1NC(=O)O[C@H]1CN2CCC1CC2. The first-order valence-electron chi connectivity index (χ1n) is 11.1. The molecule has 31 heavy (non-hydrogen) atoms. The van der Waals surface area contributed by atoms with Crippen LogP contribution in [0.25, 0.3) is 11.1 Å². The van der Waals surface area contributed by atoms with Gasteiger partial charge < -0.3 is 10.1 Å². The molecule has 2 aromatic rings. The fraction of sp³-hybridized carbons (Fsp3) is 0.480. The van der Waals surface area contributed by atoms with Gasteiger partial charge in [-0.25, -0.2) is 13.6 Å². The molecule has 164 valence electrons. The Morgan fingerprint density at radius 1 is 1.16 bits per heavy atom. The van der Waals surface area contributed by atoms with Crippen LogP contribution >= 0.6 is 0 Å². The molecule has 1 aliphatic carbocycles. The lowest BCUT2D eigenvalue weighted by atomic mass is 9.85. The molecule has 1 amide bonds. The largest absolute Gasteiger partial charge is 0.445 e. The Labute approximate surface area is 181 Å². The molecule has 0 spiro atoms. The second-order valence-corrected chi connectivity index (χ2v) is 9.87. The highest BCUT2D eigenvalue weighted by molar-refractivity contribution is 5.70. The van der Waals surface area contributed by atoms with Crippen LogP contribution in [-0.2, 0) is 11.2 Å². The number of halogens is 2. The third kappa shape index (κ3) is 3.82. The zero-order valence-electron chi connectivity index (χ0n) is 18.0. The maximum absolute atomic E-state index is 15.0. The molecule has 6 heteroatoms. The normalized spacial score (nSPS) is 28.3. The third-order valence-electron chi connectivity index (χ3n) is 7.22. The number of amides is 1. The van der Waals surface area contributed by atoms with E-state index in [1.54, 1.807) is 18.2 Å². The minimum Gasteiger partial charge on any atom is -0.445 e. The monoisotopic (exact) mass is 426 g/mol. The number of hydrogen-bond acceptors (Lipinski definition) is 3. The van der Waals surface area contributed by atoms with Crippen LogP contribution in [0.5, 0.6) is 0 Å². The van der Waals surface area contributed by atoms with Crippen LogP contribution < -0.4 is 5.32 Å². The Kier molecular flexibility index (Phi) is 5.00. The van der Waals surface area contributed by atoms with E-state index in [-0.39, 0.29) is 17.6 Å². The molecule has 1 unspecified atom stereocenters. The first-order valence-corrected chi connectivity index (χ1v) is 11.1. The lowest BCUT2D eigenvalue weighted by Crippen LogP contribution is -2.53. The molecular weight excluding hydrogens is 398 g/mol. The van der Waals surface area contributed by atoms with Crippen molar-refractivity contribution < 1.29 is 18.3 Å². The molecule has 2 atom stereocenters. The number of rotatable bonds is 3. The summed E-state index contributed by atoms with van der Waals surface area (Å²) in [7, 11) is 0. The van der Waals surface area contributed by atoms with Crippen molar-refractivity contribution in [2.45, 2.75) is 45.3 Å². The summed E-state index contributed by atoms with van der Waals surface area (Å²) >= 11 is 0. The topological polar surface area (TPSA) is 41.6 Å². The van der Waals surface area contributed by atoms with E-state index in [0.717, 1.165) is 43.6 Å². The van der Waals surface area contributed by atoms with Gasteiger partial charge in [-0.3, -0.25) is 4.90 Å². The zero-order valence-corrected chi connectivity index (χ0v) is 18.0. The number of piperidine rings is 3. The van der Waals surface area contributed by atoms with E-state index >= 15 is 4.39 Å². The quantitative estimate of drug-likeness (QED) is 0.745. The number of carbonyl (C=O) groups is 1. The van der Waals surface area contributed by atoms with Gasteiger partial charge in [0.15, 0.2) is 0 Å². The first kappa shape index (κ1) is 20.4. The summed E-state index contributed by atoms with van der Waals surface area (Å²) in [5.41, 5.74) is 2.34. The second-order valence-electron chi connectivity index (χ2n) is 9.87. The summed E-state index contributed by atoms with van der Waals surface area (Å²) in [4.78, 5) is 15.1. The molecule has 2 bridgehead atoms. The molecule has 6 rings (SSSR count). The highest BCUT2D eigenvalue weighted by Crippen LogP contribution is 2.47. The van der Waals surface area contributed by atoms with Crippen molar-refractivity contribution in [1.82, 2.24) is 10.2 Å². The Hall–Kier alpha value is -2.47. The van der Waals surface area contributed by atoms with E-state index in [1.807, 2.05) is 0 Å². The Morgan fingerprint density at radius 2 is 1.94 bits per heavy atom. The maximum Gasteiger partial charge on any atom is 0.407 e. The Morgan fingerprint density at radius 3 is 2.61 bits per heavy atom. The lowest BCUT2D eigenvalue weighted by Gasteiger charge is -2.44. The third-order valence-corrected chi connectivity index (χ3v) is 7.22. The van der Waals surface area contributed by atoms with Gasteiger partial charge in [0, 0.05) is 12.1 Å². The van der Waals surface area contributed by atoms with Crippen molar-refractivity contribution in [3.63, 3.8) is 0 Å². The van der Waals surface area contributed by atoms with Gasteiger partial charge in [-0.1, -0.05) is 26.0 Å². The molecule has 3 fully saturated rings. The van der Waals surface area contributed by atoms with Gasteiger partial charge in [0.2, 0.25) is 0 Å². The van der Waals surface area contributed by atoms with Crippen molar-refractivity contribution in [3.05, 3.63) is 59.2 Å². The van der Waals surface area contributed by atoms with Crippen LogP contribution in [0.1, 0.15) is 43.9 Å². The van der Waals surface area contributed by atoms with Crippen molar-refractivity contribution in [2.24, 2.45) is 11.3 Å². The molecule has 3 heterocycles. The van der Waals surface area contributed by atoms with E-state index in [1.165, 1.54) is 18.2 Å². The number of alkyl carbamates (subject to hydrolysis) is 1. The van der Waals surface area contributed by atoms with E-state index < -0.39 is 17.7 Å². The van der Waals surface area contributed by atoms with Crippen LogP contribution in [-0.4, -0.2) is 36.7 Å². The summed E-state index contributed by atoms with van der Waals surface area (Å²) in [5, 5.41) is 3.02. The van der Waals surface area contributed by atoms with Gasteiger partial charge in [0.25, 0.3) is 0 Å². The van der Waals surface area contributed by atoms with Crippen molar-refractivity contribution in [2.75, 3.05) is 19.6 Å². The fourth-order valence-corrected chi connectivity index (χ4v) is 5.55. The summed E-state index contributed by atoms with van der Waals surface area (Å²) in [6, 6.07) is 8.91. The molecule has 0 aromatic heterocycles. The highest BCUT2D eigenvalue weighted by atomic mass is 19.1. The van der Waals surface area contributed by atoms with Gasteiger partial charge in [-0.05, 0) is 84.6 Å². The standard InChI is InChI=1S/C25H28F2N2O2/c1-25(2)13-17-11-19(16-4-3-5-18(26)10-16)21(27)12-20(17)23(25)28-24(30)31-22-14-29-8-6-15(22)7-9-29/h3-5,10-12,15,22-23H,6-9,13-14H2,1-2H3,(H,28,30)/t22-,23?/m0/s1. The number of fused-ring (bicyclic) bond motifs is 4. The van der Waals surface area contributed by atoms with Gasteiger partial charge in [-0.15, -0.1) is 0 Å². The minimum absolute atomic E-state index is 0.0708.